The summed E-state index contributed by atoms with van der Waals surface area (Å²) in [5.41, 5.74) is 0. The van der Waals surface area contributed by atoms with Crippen molar-refractivity contribution in [1.29, 1.82) is 0 Å². The summed E-state index contributed by atoms with van der Waals surface area (Å²) < 4.78 is 0. The molecule has 0 fully saturated rings. The molecule has 0 aliphatic heterocycles. The minimum Gasteiger partial charge on any atom is -0.295 e. The van der Waals surface area contributed by atoms with E-state index in [0.717, 1.165) is 0 Å². The first kappa shape index (κ1) is 10.6. The Balaban J connectivity index is 3.78. The summed E-state index contributed by atoms with van der Waals surface area (Å²) in [4.78, 5) is 20.8. The highest BCUT2D eigenvalue weighted by Gasteiger charge is 1.77. The SMILES string of the molecule is CC(=O)/C=C/C=C/C=C/C(C)=O. The fourth-order valence-electron chi connectivity index (χ4n) is 0.510. The molecule has 0 N–H and O–H groups in total. The standard InChI is InChI=1S/C10H12O2/c1-9(11)7-5-3-4-6-8-10(2)12/h3-8H,1-2H3/b4-3+,7-5+,8-6+. The maximum atomic E-state index is 10.4. The van der Waals surface area contributed by atoms with Crippen molar-refractivity contribution in [3.8, 4) is 0 Å². The second-order valence-electron chi connectivity index (χ2n) is 2.32. The van der Waals surface area contributed by atoms with E-state index in [4.69, 9.17) is 0 Å². The van der Waals surface area contributed by atoms with Crippen LogP contribution in [-0.2, 0) is 9.59 Å². The van der Waals surface area contributed by atoms with E-state index < -0.39 is 0 Å². The van der Waals surface area contributed by atoms with Crippen molar-refractivity contribution >= 4 is 11.6 Å². The molecule has 0 unspecified atom stereocenters. The Hall–Kier alpha value is -1.44. The van der Waals surface area contributed by atoms with E-state index in [-0.39, 0.29) is 11.6 Å². The van der Waals surface area contributed by atoms with Crippen molar-refractivity contribution in [1.82, 2.24) is 0 Å². The van der Waals surface area contributed by atoms with Gasteiger partial charge in [-0.05, 0) is 26.0 Å². The number of rotatable bonds is 4. The molecule has 64 valence electrons. The molecule has 0 aromatic heterocycles. The third-order valence-electron chi connectivity index (χ3n) is 0.995. The quantitative estimate of drug-likeness (QED) is 0.469. The fourth-order valence-corrected chi connectivity index (χ4v) is 0.510. The van der Waals surface area contributed by atoms with Crippen LogP contribution in [0.15, 0.2) is 36.5 Å². The third kappa shape index (κ3) is 8.56. The van der Waals surface area contributed by atoms with Crippen LogP contribution in [-0.4, -0.2) is 11.6 Å². The number of hydrogen-bond donors (Lipinski definition) is 0. The van der Waals surface area contributed by atoms with Gasteiger partial charge in [0, 0.05) is 0 Å². The Morgan fingerprint density at radius 3 is 1.33 bits per heavy atom. The van der Waals surface area contributed by atoms with E-state index in [1.54, 1.807) is 24.3 Å². The van der Waals surface area contributed by atoms with Gasteiger partial charge in [0.1, 0.15) is 0 Å². The van der Waals surface area contributed by atoms with Crippen LogP contribution in [0.1, 0.15) is 13.8 Å². The lowest BCUT2D eigenvalue weighted by Crippen LogP contribution is -1.78. The van der Waals surface area contributed by atoms with Crippen LogP contribution in [0.2, 0.25) is 0 Å². The molecule has 2 heteroatoms. The lowest BCUT2D eigenvalue weighted by atomic mass is 10.3. The summed E-state index contributed by atoms with van der Waals surface area (Å²) in [5, 5.41) is 0. The van der Waals surface area contributed by atoms with E-state index >= 15 is 0 Å². The Kier molecular flexibility index (Phi) is 5.53. The predicted octanol–water partition coefficient (Wildman–Crippen LogP) is 1.83. The number of carbonyl (C=O) groups is 2. The molecule has 2 nitrogen and oxygen atoms in total. The van der Waals surface area contributed by atoms with Gasteiger partial charge in [-0.1, -0.05) is 24.3 Å². The van der Waals surface area contributed by atoms with E-state index in [1.807, 2.05) is 0 Å². The highest BCUT2D eigenvalue weighted by atomic mass is 16.1. The minimum absolute atomic E-state index is 0.00944. The molecule has 0 bridgehead atoms. The first-order chi connectivity index (χ1) is 5.63. The Morgan fingerprint density at radius 2 is 1.08 bits per heavy atom. The van der Waals surface area contributed by atoms with Gasteiger partial charge in [-0.3, -0.25) is 9.59 Å². The van der Waals surface area contributed by atoms with E-state index in [1.165, 1.54) is 26.0 Å². The molecule has 0 saturated heterocycles. The monoisotopic (exact) mass is 164 g/mol. The second-order valence-corrected chi connectivity index (χ2v) is 2.32. The van der Waals surface area contributed by atoms with Gasteiger partial charge in [0.05, 0.1) is 0 Å². The summed E-state index contributed by atoms with van der Waals surface area (Å²) in [6.07, 6.45) is 9.57. The van der Waals surface area contributed by atoms with Gasteiger partial charge >= 0.3 is 0 Å². The average Bonchev–Trinajstić information content (AvgIpc) is 1.95. The molecule has 0 aliphatic rings. The molecule has 0 heterocycles. The van der Waals surface area contributed by atoms with Crippen LogP contribution in [0.3, 0.4) is 0 Å². The maximum absolute atomic E-state index is 10.4. The van der Waals surface area contributed by atoms with Crippen molar-refractivity contribution in [3.05, 3.63) is 36.5 Å². The maximum Gasteiger partial charge on any atom is 0.152 e. The molecule has 12 heavy (non-hydrogen) atoms. The highest BCUT2D eigenvalue weighted by molar-refractivity contribution is 5.88. The zero-order valence-electron chi connectivity index (χ0n) is 7.28. The number of allylic oxidation sites excluding steroid dienone is 6. The minimum atomic E-state index is 0.00944. The van der Waals surface area contributed by atoms with Gasteiger partial charge in [-0.15, -0.1) is 0 Å². The number of ketones is 2. The number of hydrogen-bond acceptors (Lipinski definition) is 2. The summed E-state index contributed by atoms with van der Waals surface area (Å²) in [6.45, 7) is 2.96. The van der Waals surface area contributed by atoms with Gasteiger partial charge in [-0.2, -0.15) is 0 Å². The van der Waals surface area contributed by atoms with Crippen LogP contribution >= 0.6 is 0 Å². The van der Waals surface area contributed by atoms with Crippen molar-refractivity contribution < 1.29 is 9.59 Å². The van der Waals surface area contributed by atoms with Crippen LogP contribution in [0, 0.1) is 0 Å². The van der Waals surface area contributed by atoms with E-state index in [9.17, 15) is 9.59 Å². The zero-order valence-corrected chi connectivity index (χ0v) is 7.28. The molecule has 0 amide bonds. The molecular formula is C10H12O2. The first-order valence-corrected chi connectivity index (χ1v) is 3.65. The van der Waals surface area contributed by atoms with Gasteiger partial charge in [0.2, 0.25) is 0 Å². The van der Waals surface area contributed by atoms with Crippen molar-refractivity contribution in [2.45, 2.75) is 13.8 Å². The van der Waals surface area contributed by atoms with E-state index in [0.29, 0.717) is 0 Å². The topological polar surface area (TPSA) is 34.1 Å². The Bertz CT molecular complexity index is 219. The largest absolute Gasteiger partial charge is 0.295 e. The Labute approximate surface area is 72.3 Å². The normalized spacial score (nSPS) is 11.8. The molecule has 0 aromatic carbocycles. The third-order valence-corrected chi connectivity index (χ3v) is 0.995. The van der Waals surface area contributed by atoms with Crippen molar-refractivity contribution in [2.24, 2.45) is 0 Å². The first-order valence-electron chi connectivity index (χ1n) is 3.65. The molecule has 0 rings (SSSR count). The van der Waals surface area contributed by atoms with Crippen LogP contribution < -0.4 is 0 Å². The molecule has 0 saturated carbocycles. The predicted molar refractivity (Wildman–Crippen MR) is 48.8 cm³/mol. The molecule has 0 aromatic rings. The highest BCUT2D eigenvalue weighted by Crippen LogP contribution is 1.82. The van der Waals surface area contributed by atoms with Gasteiger partial charge in [0.15, 0.2) is 11.6 Å². The summed E-state index contributed by atoms with van der Waals surface area (Å²) >= 11 is 0. The Morgan fingerprint density at radius 1 is 0.750 bits per heavy atom. The summed E-state index contributed by atoms with van der Waals surface area (Å²) in [7, 11) is 0. The van der Waals surface area contributed by atoms with E-state index in [2.05, 4.69) is 0 Å². The molecule has 0 atom stereocenters. The summed E-state index contributed by atoms with van der Waals surface area (Å²) in [5.74, 6) is 0.0189. The lowest BCUT2D eigenvalue weighted by Gasteiger charge is -1.75. The molecule has 0 aliphatic carbocycles. The summed E-state index contributed by atoms with van der Waals surface area (Å²) in [6, 6.07) is 0. The van der Waals surface area contributed by atoms with Crippen LogP contribution in [0.4, 0.5) is 0 Å². The fraction of sp³-hybridized carbons (Fsp3) is 0.200. The van der Waals surface area contributed by atoms with Gasteiger partial charge in [0.25, 0.3) is 0 Å². The van der Waals surface area contributed by atoms with Crippen molar-refractivity contribution in [3.63, 3.8) is 0 Å². The smallest absolute Gasteiger partial charge is 0.152 e. The van der Waals surface area contributed by atoms with Crippen LogP contribution in [0.25, 0.3) is 0 Å². The van der Waals surface area contributed by atoms with Gasteiger partial charge < -0.3 is 0 Å². The van der Waals surface area contributed by atoms with Crippen LogP contribution in [0.5, 0.6) is 0 Å². The number of carbonyl (C=O) groups excluding carboxylic acids is 2. The molecule has 0 spiro atoms. The zero-order chi connectivity index (χ0) is 9.40. The second kappa shape index (κ2) is 6.28. The molecular weight excluding hydrogens is 152 g/mol. The van der Waals surface area contributed by atoms with Gasteiger partial charge in [-0.25, -0.2) is 0 Å². The molecule has 0 radical (unpaired) electrons. The van der Waals surface area contributed by atoms with Crippen molar-refractivity contribution in [2.75, 3.05) is 0 Å². The lowest BCUT2D eigenvalue weighted by molar-refractivity contribution is -0.113. The average molecular weight is 164 g/mol.